The first-order valence-corrected chi connectivity index (χ1v) is 13.3. The smallest absolute Gasteiger partial charge is 0.337 e. The summed E-state index contributed by atoms with van der Waals surface area (Å²) in [6.07, 6.45) is 7.33. The Hall–Kier alpha value is -2.58. The Morgan fingerprint density at radius 1 is 1.00 bits per heavy atom. The highest BCUT2D eigenvalue weighted by Crippen LogP contribution is 2.28. The molecule has 2 aliphatic rings. The van der Waals surface area contributed by atoms with Gasteiger partial charge in [0.05, 0.1) is 16.1 Å². The van der Waals surface area contributed by atoms with Gasteiger partial charge in [-0.1, -0.05) is 38.3 Å². The number of rotatable bonds is 7. The number of nitrogens with zero attached hydrogens (tertiary/aromatic N) is 2. The maximum absolute atomic E-state index is 12.8. The Bertz CT molecular complexity index is 1070. The van der Waals surface area contributed by atoms with Crippen LogP contribution >= 0.6 is 0 Å². The normalized spacial score (nSPS) is 18.3. The first-order chi connectivity index (χ1) is 15.9. The van der Waals surface area contributed by atoms with Crippen LogP contribution in [0.15, 0.2) is 47.4 Å². The molecule has 1 saturated carbocycles. The molecule has 33 heavy (non-hydrogen) atoms. The topological polar surface area (TPSA) is 90.0 Å². The number of hydrogen-bond acceptors (Lipinski definition) is 5. The van der Waals surface area contributed by atoms with Crippen molar-refractivity contribution in [2.75, 3.05) is 35.8 Å². The summed E-state index contributed by atoms with van der Waals surface area (Å²) in [5, 5.41) is 9.77. The Labute approximate surface area is 196 Å². The van der Waals surface area contributed by atoms with E-state index in [0.29, 0.717) is 6.04 Å². The van der Waals surface area contributed by atoms with Gasteiger partial charge in [0.1, 0.15) is 0 Å². The summed E-state index contributed by atoms with van der Waals surface area (Å²) in [6, 6.07) is 12.2. The number of nitrogens with one attached hydrogen (secondary N) is 1. The van der Waals surface area contributed by atoms with Crippen LogP contribution in [-0.4, -0.2) is 56.6 Å². The number of piperazine rings is 1. The van der Waals surface area contributed by atoms with Gasteiger partial charge >= 0.3 is 5.97 Å². The quantitative estimate of drug-likeness (QED) is 0.629. The molecule has 0 atom stereocenters. The highest BCUT2D eigenvalue weighted by molar-refractivity contribution is 7.92. The zero-order chi connectivity index (χ0) is 23.4. The van der Waals surface area contributed by atoms with Crippen molar-refractivity contribution in [1.29, 1.82) is 0 Å². The molecule has 2 fully saturated rings. The lowest BCUT2D eigenvalue weighted by Gasteiger charge is -2.41. The van der Waals surface area contributed by atoms with Crippen molar-refractivity contribution in [3.05, 3.63) is 53.6 Å². The molecule has 2 aromatic carbocycles. The van der Waals surface area contributed by atoms with E-state index in [1.165, 1.54) is 32.1 Å². The first-order valence-electron chi connectivity index (χ1n) is 11.9. The van der Waals surface area contributed by atoms with Gasteiger partial charge in [-0.2, -0.15) is 0 Å². The van der Waals surface area contributed by atoms with E-state index in [0.717, 1.165) is 43.9 Å². The summed E-state index contributed by atoms with van der Waals surface area (Å²) < 4.78 is 28.1. The Morgan fingerprint density at radius 3 is 2.27 bits per heavy atom. The summed E-state index contributed by atoms with van der Waals surface area (Å²) in [4.78, 5) is 16.8. The number of anilines is 2. The standard InChI is InChI=1S/C25H33N3O4S/c1-2-19-8-11-22(12-9-19)33(31,32)26-24-13-10-21(18-23(24)25(29)30)28-16-14-27(15-17-28)20-6-4-3-5-7-20/h8-13,18,20,26H,2-7,14-17H2,1H3,(H,29,30). The van der Waals surface area contributed by atoms with E-state index >= 15 is 0 Å². The van der Waals surface area contributed by atoms with E-state index in [2.05, 4.69) is 14.5 Å². The maximum Gasteiger partial charge on any atom is 0.337 e. The molecule has 0 radical (unpaired) electrons. The Balaban J connectivity index is 1.48. The van der Waals surface area contributed by atoms with E-state index in [1.807, 2.05) is 6.92 Å². The van der Waals surface area contributed by atoms with Crippen LogP contribution in [0.5, 0.6) is 0 Å². The number of carboxylic acids is 1. The van der Waals surface area contributed by atoms with Crippen LogP contribution in [0.2, 0.25) is 0 Å². The molecular formula is C25H33N3O4S. The third-order valence-corrected chi connectivity index (χ3v) is 8.27. The van der Waals surface area contributed by atoms with Crippen LogP contribution in [0, 0.1) is 0 Å². The van der Waals surface area contributed by atoms with Gasteiger partial charge in [-0.25, -0.2) is 13.2 Å². The molecule has 0 bridgehead atoms. The summed E-state index contributed by atoms with van der Waals surface area (Å²) in [5.74, 6) is -1.16. The molecule has 1 aliphatic heterocycles. The maximum atomic E-state index is 12.8. The molecule has 7 nitrogen and oxygen atoms in total. The fraction of sp³-hybridized carbons (Fsp3) is 0.480. The van der Waals surface area contributed by atoms with Gasteiger partial charge in [-0.15, -0.1) is 0 Å². The van der Waals surface area contributed by atoms with Gasteiger partial charge in [-0.05, 0) is 55.2 Å². The van der Waals surface area contributed by atoms with Crippen molar-refractivity contribution >= 4 is 27.4 Å². The molecular weight excluding hydrogens is 438 g/mol. The van der Waals surface area contributed by atoms with Gasteiger partial charge in [0.15, 0.2) is 0 Å². The Kier molecular flexibility index (Phi) is 7.24. The zero-order valence-electron chi connectivity index (χ0n) is 19.2. The fourth-order valence-electron chi connectivity index (χ4n) is 4.89. The molecule has 0 aromatic heterocycles. The number of sulfonamides is 1. The third kappa shape index (κ3) is 5.50. The monoisotopic (exact) mass is 471 g/mol. The molecule has 1 heterocycles. The van der Waals surface area contributed by atoms with Crippen LogP contribution < -0.4 is 9.62 Å². The molecule has 2 aromatic rings. The second kappa shape index (κ2) is 10.1. The lowest BCUT2D eigenvalue weighted by molar-refractivity contribution is 0.0698. The lowest BCUT2D eigenvalue weighted by atomic mass is 9.94. The molecule has 4 rings (SSSR count). The number of carboxylic acid groups (broad SMARTS) is 1. The van der Waals surface area contributed by atoms with Gasteiger partial charge in [0.2, 0.25) is 0 Å². The van der Waals surface area contributed by atoms with E-state index in [-0.39, 0.29) is 16.1 Å². The summed E-state index contributed by atoms with van der Waals surface area (Å²) in [7, 11) is -3.89. The minimum Gasteiger partial charge on any atom is -0.478 e. The Morgan fingerprint density at radius 2 is 1.67 bits per heavy atom. The minimum absolute atomic E-state index is 0.0454. The largest absolute Gasteiger partial charge is 0.478 e. The average molecular weight is 472 g/mol. The minimum atomic E-state index is -3.89. The van der Waals surface area contributed by atoms with Crippen LogP contribution in [0.25, 0.3) is 0 Å². The van der Waals surface area contributed by atoms with Gasteiger partial charge in [-0.3, -0.25) is 9.62 Å². The van der Waals surface area contributed by atoms with Crippen molar-refractivity contribution in [1.82, 2.24) is 4.90 Å². The number of benzene rings is 2. The SMILES string of the molecule is CCc1ccc(S(=O)(=O)Nc2ccc(N3CCN(C4CCCCC4)CC3)cc2C(=O)O)cc1. The number of carbonyl (C=O) groups is 1. The molecule has 1 aliphatic carbocycles. The number of aryl methyl sites for hydroxylation is 1. The predicted octanol–water partition coefficient (Wildman–Crippen LogP) is 4.20. The second-order valence-corrected chi connectivity index (χ2v) is 10.6. The highest BCUT2D eigenvalue weighted by atomic mass is 32.2. The van der Waals surface area contributed by atoms with Crippen molar-refractivity contribution < 1.29 is 18.3 Å². The molecule has 0 unspecified atom stereocenters. The summed E-state index contributed by atoms with van der Waals surface area (Å²) >= 11 is 0. The molecule has 0 spiro atoms. The molecule has 178 valence electrons. The van der Waals surface area contributed by atoms with Crippen LogP contribution in [-0.2, 0) is 16.4 Å². The van der Waals surface area contributed by atoms with Crippen LogP contribution in [0.1, 0.15) is 54.9 Å². The molecule has 0 amide bonds. The van der Waals surface area contributed by atoms with Gasteiger partial charge in [0, 0.05) is 37.9 Å². The van der Waals surface area contributed by atoms with E-state index in [1.54, 1.807) is 42.5 Å². The molecule has 1 saturated heterocycles. The highest BCUT2D eigenvalue weighted by Gasteiger charge is 2.26. The van der Waals surface area contributed by atoms with Crippen molar-refractivity contribution in [3.8, 4) is 0 Å². The molecule has 2 N–H and O–H groups in total. The lowest BCUT2D eigenvalue weighted by Crippen LogP contribution is -2.50. The van der Waals surface area contributed by atoms with Gasteiger partial charge in [0.25, 0.3) is 10.0 Å². The summed E-state index contributed by atoms with van der Waals surface area (Å²) in [6.45, 7) is 5.61. The first kappa shape index (κ1) is 23.6. The van der Waals surface area contributed by atoms with Crippen LogP contribution in [0.3, 0.4) is 0 Å². The van der Waals surface area contributed by atoms with Crippen LogP contribution in [0.4, 0.5) is 11.4 Å². The van der Waals surface area contributed by atoms with Crippen molar-refractivity contribution in [2.45, 2.75) is 56.4 Å². The predicted molar refractivity (Wildman–Crippen MR) is 131 cm³/mol. The average Bonchev–Trinajstić information content (AvgIpc) is 2.84. The van der Waals surface area contributed by atoms with Gasteiger partial charge < -0.3 is 10.0 Å². The van der Waals surface area contributed by atoms with E-state index in [4.69, 9.17) is 0 Å². The van der Waals surface area contributed by atoms with E-state index in [9.17, 15) is 18.3 Å². The third-order valence-electron chi connectivity index (χ3n) is 6.89. The second-order valence-electron chi connectivity index (χ2n) is 8.95. The number of hydrogen-bond donors (Lipinski definition) is 2. The van der Waals surface area contributed by atoms with E-state index < -0.39 is 16.0 Å². The summed E-state index contributed by atoms with van der Waals surface area (Å²) in [5.41, 5.74) is 1.88. The van der Waals surface area contributed by atoms with Crippen molar-refractivity contribution in [2.24, 2.45) is 0 Å². The van der Waals surface area contributed by atoms with Crippen molar-refractivity contribution in [3.63, 3.8) is 0 Å². The fourth-order valence-corrected chi connectivity index (χ4v) is 5.97. The number of aromatic carboxylic acids is 1. The zero-order valence-corrected chi connectivity index (χ0v) is 20.0. The molecule has 8 heteroatoms.